The molecule has 0 amide bonds. The molecule has 0 aromatic carbocycles. The second kappa shape index (κ2) is 5.47. The summed E-state index contributed by atoms with van der Waals surface area (Å²) in [7, 11) is -3.01. The van der Waals surface area contributed by atoms with Gasteiger partial charge in [-0.05, 0) is 26.2 Å². The lowest BCUT2D eigenvalue weighted by atomic mass is 9.92. The van der Waals surface area contributed by atoms with Crippen LogP contribution in [0.3, 0.4) is 0 Å². The van der Waals surface area contributed by atoms with Crippen LogP contribution in [0.4, 0.5) is 0 Å². The van der Waals surface area contributed by atoms with Crippen LogP contribution in [0, 0.1) is 0 Å². The number of hydrogen-bond donors (Lipinski definition) is 1. The summed E-state index contributed by atoms with van der Waals surface area (Å²) in [4.78, 5) is 0. The predicted molar refractivity (Wildman–Crippen MR) is 63.2 cm³/mol. The molecule has 16 heavy (non-hydrogen) atoms. The van der Waals surface area contributed by atoms with Crippen molar-refractivity contribution in [3.63, 3.8) is 0 Å². The SMILES string of the molecule is CCOC1(C(O)CCS(C)(=O)=O)CCCC1. The first-order valence-electron chi connectivity index (χ1n) is 5.89. The highest BCUT2D eigenvalue weighted by Gasteiger charge is 2.41. The minimum absolute atomic E-state index is 0.0307. The first-order valence-corrected chi connectivity index (χ1v) is 7.95. The van der Waals surface area contributed by atoms with E-state index in [9.17, 15) is 13.5 Å². The normalized spacial score (nSPS) is 22.2. The van der Waals surface area contributed by atoms with Crippen molar-refractivity contribution in [2.75, 3.05) is 18.6 Å². The smallest absolute Gasteiger partial charge is 0.147 e. The summed E-state index contributed by atoms with van der Waals surface area (Å²) in [6.07, 6.45) is 4.59. The zero-order valence-corrected chi connectivity index (χ0v) is 10.9. The average molecular weight is 250 g/mol. The molecule has 1 atom stereocenters. The van der Waals surface area contributed by atoms with Crippen LogP contribution in [0.25, 0.3) is 0 Å². The van der Waals surface area contributed by atoms with Gasteiger partial charge < -0.3 is 9.84 Å². The molecule has 5 heteroatoms. The van der Waals surface area contributed by atoms with E-state index in [1.165, 1.54) is 6.26 Å². The molecule has 0 aromatic heterocycles. The number of rotatable bonds is 6. The Hall–Kier alpha value is -0.130. The van der Waals surface area contributed by atoms with Gasteiger partial charge in [0, 0.05) is 12.9 Å². The highest BCUT2D eigenvalue weighted by Crippen LogP contribution is 2.37. The molecule has 0 aliphatic heterocycles. The topological polar surface area (TPSA) is 63.6 Å². The van der Waals surface area contributed by atoms with Crippen LogP contribution in [0.2, 0.25) is 0 Å². The maximum absolute atomic E-state index is 11.1. The molecule has 1 aliphatic rings. The molecule has 1 N–H and O–H groups in total. The van der Waals surface area contributed by atoms with Gasteiger partial charge >= 0.3 is 0 Å². The number of hydrogen-bond acceptors (Lipinski definition) is 4. The molecule has 0 radical (unpaired) electrons. The summed E-state index contributed by atoms with van der Waals surface area (Å²) in [5, 5.41) is 10.1. The van der Waals surface area contributed by atoms with Gasteiger partial charge in [0.15, 0.2) is 0 Å². The van der Waals surface area contributed by atoms with Gasteiger partial charge in [0.2, 0.25) is 0 Å². The van der Waals surface area contributed by atoms with E-state index < -0.39 is 21.5 Å². The van der Waals surface area contributed by atoms with Crippen molar-refractivity contribution in [2.24, 2.45) is 0 Å². The molecule has 0 aromatic rings. The lowest BCUT2D eigenvalue weighted by Crippen LogP contribution is -2.43. The maximum atomic E-state index is 11.1. The lowest BCUT2D eigenvalue weighted by molar-refractivity contribution is -0.116. The van der Waals surface area contributed by atoms with Crippen molar-refractivity contribution in [3.05, 3.63) is 0 Å². The van der Waals surface area contributed by atoms with E-state index in [1.807, 2.05) is 6.92 Å². The number of sulfone groups is 1. The number of aliphatic hydroxyl groups excluding tert-OH is 1. The van der Waals surface area contributed by atoms with Crippen LogP contribution in [-0.4, -0.2) is 43.8 Å². The Morgan fingerprint density at radius 1 is 1.38 bits per heavy atom. The summed E-state index contributed by atoms with van der Waals surface area (Å²) in [6, 6.07) is 0. The largest absolute Gasteiger partial charge is 0.390 e. The van der Waals surface area contributed by atoms with E-state index in [2.05, 4.69) is 0 Å². The molecule has 1 saturated carbocycles. The lowest BCUT2D eigenvalue weighted by Gasteiger charge is -2.34. The van der Waals surface area contributed by atoms with Gasteiger partial charge in [-0.1, -0.05) is 12.8 Å². The third-order valence-electron chi connectivity index (χ3n) is 3.25. The highest BCUT2D eigenvalue weighted by molar-refractivity contribution is 7.90. The Labute approximate surface area is 97.9 Å². The monoisotopic (exact) mass is 250 g/mol. The van der Waals surface area contributed by atoms with Crippen LogP contribution in [0.1, 0.15) is 39.0 Å². The van der Waals surface area contributed by atoms with Crippen LogP contribution in [-0.2, 0) is 14.6 Å². The van der Waals surface area contributed by atoms with Gasteiger partial charge in [0.05, 0.1) is 17.5 Å². The minimum Gasteiger partial charge on any atom is -0.390 e. The quantitative estimate of drug-likeness (QED) is 0.767. The van der Waals surface area contributed by atoms with E-state index >= 15 is 0 Å². The van der Waals surface area contributed by atoms with E-state index in [-0.39, 0.29) is 12.2 Å². The summed E-state index contributed by atoms with van der Waals surface area (Å²) in [5.74, 6) is 0.0307. The molecule has 0 spiro atoms. The summed E-state index contributed by atoms with van der Waals surface area (Å²) in [5.41, 5.74) is -0.487. The molecule has 1 aliphatic carbocycles. The predicted octanol–water partition coefficient (Wildman–Crippen LogP) is 1.13. The minimum atomic E-state index is -3.01. The highest BCUT2D eigenvalue weighted by atomic mass is 32.2. The molecule has 0 bridgehead atoms. The Kier molecular flexibility index (Phi) is 4.76. The maximum Gasteiger partial charge on any atom is 0.147 e. The second-order valence-electron chi connectivity index (χ2n) is 4.64. The van der Waals surface area contributed by atoms with Crippen molar-refractivity contribution in [1.29, 1.82) is 0 Å². The van der Waals surface area contributed by atoms with Crippen molar-refractivity contribution in [1.82, 2.24) is 0 Å². The molecule has 0 saturated heterocycles. The van der Waals surface area contributed by atoms with Gasteiger partial charge in [0.1, 0.15) is 9.84 Å². The first-order chi connectivity index (χ1) is 7.40. The molecule has 0 heterocycles. The van der Waals surface area contributed by atoms with E-state index in [0.29, 0.717) is 6.61 Å². The van der Waals surface area contributed by atoms with Gasteiger partial charge in [-0.25, -0.2) is 8.42 Å². The third-order valence-corrected chi connectivity index (χ3v) is 4.23. The molecule has 1 unspecified atom stereocenters. The molecule has 1 fully saturated rings. The summed E-state index contributed by atoms with van der Waals surface area (Å²) >= 11 is 0. The van der Waals surface area contributed by atoms with Gasteiger partial charge in [0.25, 0.3) is 0 Å². The summed E-state index contributed by atoms with van der Waals surface area (Å²) < 4.78 is 27.8. The first kappa shape index (κ1) is 13.9. The van der Waals surface area contributed by atoms with E-state index in [1.54, 1.807) is 0 Å². The van der Waals surface area contributed by atoms with Crippen LogP contribution in [0.5, 0.6) is 0 Å². The van der Waals surface area contributed by atoms with E-state index in [4.69, 9.17) is 4.74 Å². The van der Waals surface area contributed by atoms with Crippen molar-refractivity contribution in [3.8, 4) is 0 Å². The van der Waals surface area contributed by atoms with Crippen molar-refractivity contribution < 1.29 is 18.3 Å². The van der Waals surface area contributed by atoms with Gasteiger partial charge in [-0.15, -0.1) is 0 Å². The molecule has 1 rings (SSSR count). The molecular formula is C11H22O4S. The Morgan fingerprint density at radius 3 is 2.38 bits per heavy atom. The fraction of sp³-hybridized carbons (Fsp3) is 1.00. The fourth-order valence-corrected chi connectivity index (χ4v) is 3.07. The zero-order valence-electron chi connectivity index (χ0n) is 10.1. The van der Waals surface area contributed by atoms with Crippen LogP contribution >= 0.6 is 0 Å². The van der Waals surface area contributed by atoms with Crippen molar-refractivity contribution in [2.45, 2.75) is 50.7 Å². The molecule has 96 valence electrons. The fourth-order valence-electron chi connectivity index (χ4n) is 2.42. The Bertz CT molecular complexity index is 304. The summed E-state index contributed by atoms with van der Waals surface area (Å²) in [6.45, 7) is 2.47. The van der Waals surface area contributed by atoms with Crippen LogP contribution < -0.4 is 0 Å². The standard InChI is InChI=1S/C11H22O4S/c1-3-15-11(7-4-5-8-11)10(12)6-9-16(2,13)14/h10,12H,3-9H2,1-2H3. The van der Waals surface area contributed by atoms with Crippen LogP contribution in [0.15, 0.2) is 0 Å². The molecule has 4 nitrogen and oxygen atoms in total. The number of ether oxygens (including phenoxy) is 1. The Balaban J connectivity index is 2.58. The molecular weight excluding hydrogens is 228 g/mol. The van der Waals surface area contributed by atoms with Gasteiger partial charge in [-0.3, -0.25) is 0 Å². The third kappa shape index (κ3) is 3.71. The van der Waals surface area contributed by atoms with E-state index in [0.717, 1.165) is 25.7 Å². The van der Waals surface area contributed by atoms with Crippen molar-refractivity contribution >= 4 is 9.84 Å². The average Bonchev–Trinajstić information content (AvgIpc) is 2.63. The number of aliphatic hydroxyl groups is 1. The zero-order chi connectivity index (χ0) is 12.2. The Morgan fingerprint density at radius 2 is 1.94 bits per heavy atom. The second-order valence-corrected chi connectivity index (χ2v) is 6.90. The van der Waals surface area contributed by atoms with Gasteiger partial charge in [-0.2, -0.15) is 0 Å².